The van der Waals surface area contributed by atoms with Crippen molar-refractivity contribution in [3.63, 3.8) is 0 Å². The zero-order valence-corrected chi connectivity index (χ0v) is 20.5. The van der Waals surface area contributed by atoms with E-state index in [4.69, 9.17) is 17.3 Å². The number of aryl methyl sites for hydroxylation is 1. The van der Waals surface area contributed by atoms with Crippen LogP contribution in [0.1, 0.15) is 42.2 Å². The lowest BCUT2D eigenvalue weighted by Crippen LogP contribution is -2.48. The number of carbonyl (C=O) groups is 4. The van der Waals surface area contributed by atoms with Gasteiger partial charge in [0.1, 0.15) is 11.8 Å². The maximum Gasteiger partial charge on any atom is 0.328 e. The minimum absolute atomic E-state index is 0.0436. The Hall–Kier alpha value is -4.57. The predicted molar refractivity (Wildman–Crippen MR) is 138 cm³/mol. The molecule has 0 aliphatic carbocycles. The monoisotopic (exact) mass is 524 g/mol. The molecule has 1 atom stereocenters. The molecule has 0 aromatic heterocycles. The summed E-state index contributed by atoms with van der Waals surface area (Å²) in [6.45, 7) is 1.52. The number of hydrogen-bond acceptors (Lipinski definition) is 6. The number of aliphatic carboxylic acids is 1. The molecule has 192 valence electrons. The summed E-state index contributed by atoms with van der Waals surface area (Å²) in [5, 5.41) is 26.4. The van der Waals surface area contributed by atoms with E-state index in [1.165, 1.54) is 36.4 Å². The van der Waals surface area contributed by atoms with Crippen molar-refractivity contribution in [1.29, 1.82) is 0 Å². The van der Waals surface area contributed by atoms with E-state index in [0.717, 1.165) is 0 Å². The second kappa shape index (κ2) is 11.9. The Morgan fingerprint density at radius 3 is 2.24 bits per heavy atom. The normalized spacial score (nSPS) is 11.3. The Morgan fingerprint density at radius 1 is 0.919 bits per heavy atom. The van der Waals surface area contributed by atoms with Crippen LogP contribution in [-0.2, 0) is 11.3 Å². The van der Waals surface area contributed by atoms with Gasteiger partial charge in [0.15, 0.2) is 0 Å². The van der Waals surface area contributed by atoms with Crippen LogP contribution in [0.25, 0.3) is 0 Å². The van der Waals surface area contributed by atoms with E-state index in [2.05, 4.69) is 16.0 Å². The summed E-state index contributed by atoms with van der Waals surface area (Å²) in [7, 11) is 0. The van der Waals surface area contributed by atoms with E-state index in [-0.39, 0.29) is 35.0 Å². The molecule has 3 aromatic carbocycles. The molecule has 0 unspecified atom stereocenters. The lowest BCUT2D eigenvalue weighted by Gasteiger charge is -2.16. The second-order valence-corrected chi connectivity index (χ2v) is 8.60. The smallest absolute Gasteiger partial charge is 0.328 e. The second-order valence-electron chi connectivity index (χ2n) is 8.19. The topological polar surface area (TPSA) is 171 Å². The van der Waals surface area contributed by atoms with E-state index in [0.29, 0.717) is 22.4 Å². The van der Waals surface area contributed by atoms with Gasteiger partial charge >= 0.3 is 5.97 Å². The summed E-state index contributed by atoms with van der Waals surface area (Å²) >= 11 is 6.20. The SMILES string of the molecule is Cc1cc(C(=O)NC[C@H](NC(=O)c2ccc(C(=O)NCc3cccc(O)c3)cc2Cl)C(=O)O)ccc1N. The molecule has 11 heteroatoms. The van der Waals surface area contributed by atoms with Gasteiger partial charge in [0.2, 0.25) is 0 Å². The Bertz CT molecular complexity index is 1360. The first kappa shape index (κ1) is 27.0. The fourth-order valence-corrected chi connectivity index (χ4v) is 3.61. The average molecular weight is 525 g/mol. The molecular weight excluding hydrogens is 500 g/mol. The molecule has 0 saturated carbocycles. The molecule has 3 aromatic rings. The van der Waals surface area contributed by atoms with Gasteiger partial charge in [-0.25, -0.2) is 4.79 Å². The van der Waals surface area contributed by atoms with Gasteiger partial charge < -0.3 is 31.9 Å². The molecule has 3 amide bonds. The third-order valence-electron chi connectivity index (χ3n) is 5.44. The molecule has 0 spiro atoms. The van der Waals surface area contributed by atoms with Gasteiger partial charge in [0.05, 0.1) is 10.6 Å². The number of phenols is 1. The van der Waals surface area contributed by atoms with Gasteiger partial charge in [-0.15, -0.1) is 0 Å². The van der Waals surface area contributed by atoms with E-state index in [9.17, 15) is 29.4 Å². The summed E-state index contributed by atoms with van der Waals surface area (Å²) in [5.41, 5.74) is 8.08. The number of carboxylic acids is 1. The van der Waals surface area contributed by atoms with Gasteiger partial charge in [-0.05, 0) is 66.6 Å². The van der Waals surface area contributed by atoms with Crippen LogP contribution in [0.2, 0.25) is 5.02 Å². The largest absolute Gasteiger partial charge is 0.508 e. The number of nitrogens with one attached hydrogen (secondary N) is 3. The minimum Gasteiger partial charge on any atom is -0.508 e. The Labute approximate surface area is 217 Å². The molecule has 7 N–H and O–H groups in total. The predicted octanol–water partition coefficient (Wildman–Crippen LogP) is 2.48. The van der Waals surface area contributed by atoms with Crippen molar-refractivity contribution in [2.45, 2.75) is 19.5 Å². The van der Waals surface area contributed by atoms with Crippen molar-refractivity contribution in [2.75, 3.05) is 12.3 Å². The Balaban J connectivity index is 1.61. The summed E-state index contributed by atoms with van der Waals surface area (Å²) < 4.78 is 0. The average Bonchev–Trinajstić information content (AvgIpc) is 2.86. The first-order chi connectivity index (χ1) is 17.5. The molecular formula is C26H25ClN4O6. The highest BCUT2D eigenvalue weighted by Gasteiger charge is 2.23. The zero-order chi connectivity index (χ0) is 27.1. The standard InChI is InChI=1S/C26H25ClN4O6/c1-14-9-16(6-8-21(14)28)23(33)30-13-22(26(36)37)31-25(35)19-7-5-17(11-20(19)27)24(34)29-12-15-3-2-4-18(32)10-15/h2-11,22,32H,12-13,28H2,1H3,(H,29,34)(H,30,33)(H,31,35)(H,36,37)/t22-/m0/s1. The van der Waals surface area contributed by atoms with Gasteiger partial charge in [0, 0.05) is 29.9 Å². The highest BCUT2D eigenvalue weighted by molar-refractivity contribution is 6.34. The van der Waals surface area contributed by atoms with Gasteiger partial charge in [0.25, 0.3) is 17.7 Å². The fourth-order valence-electron chi connectivity index (χ4n) is 3.34. The molecule has 0 aliphatic heterocycles. The van der Waals surface area contributed by atoms with E-state index in [1.54, 1.807) is 31.2 Å². The number of nitrogen functional groups attached to an aromatic ring is 1. The molecule has 0 aliphatic rings. The number of hydrogen-bond donors (Lipinski definition) is 6. The van der Waals surface area contributed by atoms with Crippen molar-refractivity contribution in [2.24, 2.45) is 0 Å². The maximum atomic E-state index is 12.7. The summed E-state index contributed by atoms with van der Waals surface area (Å²) in [6.07, 6.45) is 0. The summed E-state index contributed by atoms with van der Waals surface area (Å²) in [4.78, 5) is 49.2. The number of carboxylic acid groups (broad SMARTS) is 1. The summed E-state index contributed by atoms with van der Waals surface area (Å²) in [5.74, 6) is -3.06. The van der Waals surface area contributed by atoms with Crippen LogP contribution < -0.4 is 21.7 Å². The number of phenolic OH excluding ortho intramolecular Hbond substituents is 1. The highest BCUT2D eigenvalue weighted by atomic mass is 35.5. The van der Waals surface area contributed by atoms with Gasteiger partial charge in [-0.2, -0.15) is 0 Å². The van der Waals surface area contributed by atoms with E-state index in [1.807, 2.05) is 0 Å². The lowest BCUT2D eigenvalue weighted by atomic mass is 10.1. The number of amides is 3. The zero-order valence-electron chi connectivity index (χ0n) is 19.7. The molecule has 0 radical (unpaired) electrons. The van der Waals surface area contributed by atoms with Crippen molar-refractivity contribution < 1.29 is 29.4 Å². The number of halogens is 1. The summed E-state index contributed by atoms with van der Waals surface area (Å²) in [6, 6.07) is 13.6. The first-order valence-electron chi connectivity index (χ1n) is 11.1. The van der Waals surface area contributed by atoms with Crippen molar-refractivity contribution in [1.82, 2.24) is 16.0 Å². The van der Waals surface area contributed by atoms with Crippen molar-refractivity contribution in [3.8, 4) is 5.75 Å². The van der Waals surface area contributed by atoms with E-state index >= 15 is 0 Å². The maximum absolute atomic E-state index is 12.7. The first-order valence-corrected chi connectivity index (χ1v) is 11.5. The molecule has 3 rings (SSSR count). The van der Waals surface area contributed by atoms with E-state index < -0.39 is 29.7 Å². The number of anilines is 1. The third-order valence-corrected chi connectivity index (χ3v) is 5.75. The molecule has 0 saturated heterocycles. The van der Waals surface area contributed by atoms with Gasteiger partial charge in [-0.1, -0.05) is 23.7 Å². The van der Waals surface area contributed by atoms with Crippen LogP contribution in [0.3, 0.4) is 0 Å². The number of carbonyl (C=O) groups excluding carboxylic acids is 3. The number of aromatic hydroxyl groups is 1. The van der Waals surface area contributed by atoms with Gasteiger partial charge in [-0.3, -0.25) is 14.4 Å². The molecule has 10 nitrogen and oxygen atoms in total. The van der Waals surface area contributed by atoms with Crippen LogP contribution in [0.15, 0.2) is 60.7 Å². The molecule has 0 fully saturated rings. The molecule has 0 bridgehead atoms. The van der Waals surface area contributed by atoms with Crippen LogP contribution in [-0.4, -0.2) is 46.5 Å². The van der Waals surface area contributed by atoms with Crippen LogP contribution in [0, 0.1) is 6.92 Å². The van der Waals surface area contributed by atoms with Crippen LogP contribution in [0.5, 0.6) is 5.75 Å². The quantitative estimate of drug-likeness (QED) is 0.233. The van der Waals surface area contributed by atoms with Crippen molar-refractivity contribution >= 4 is 41.0 Å². The highest BCUT2D eigenvalue weighted by Crippen LogP contribution is 2.19. The van der Waals surface area contributed by atoms with Crippen molar-refractivity contribution in [3.05, 3.63) is 93.5 Å². The molecule has 37 heavy (non-hydrogen) atoms. The lowest BCUT2D eigenvalue weighted by molar-refractivity contribution is -0.139. The molecule has 0 heterocycles. The van der Waals surface area contributed by atoms with Crippen LogP contribution in [0.4, 0.5) is 5.69 Å². The third kappa shape index (κ3) is 7.21. The Morgan fingerprint density at radius 2 is 1.59 bits per heavy atom. The van der Waals surface area contributed by atoms with Crippen LogP contribution >= 0.6 is 11.6 Å². The fraction of sp³-hybridized carbons (Fsp3) is 0.154. The minimum atomic E-state index is -1.44. The number of nitrogens with two attached hydrogens (primary N) is 1. The Kier molecular flexibility index (Phi) is 8.70. The number of rotatable bonds is 9. The number of benzene rings is 3.